The first-order valence-electron chi connectivity index (χ1n) is 14.3. The molecule has 7 nitrogen and oxygen atoms in total. The number of aromatic nitrogens is 4. The number of ether oxygens (including phenoxy) is 2. The zero-order chi connectivity index (χ0) is 30.1. The summed E-state index contributed by atoms with van der Waals surface area (Å²) >= 11 is 0. The predicted molar refractivity (Wildman–Crippen MR) is 156 cm³/mol. The number of aromatic amines is 2. The molecule has 1 aliphatic carbocycles. The summed E-state index contributed by atoms with van der Waals surface area (Å²) in [6.45, 7) is 3.98. The number of rotatable bonds is 10. The Balaban J connectivity index is 1.14. The SMILES string of the molecule is CCCCOC(=O)C1(F)CC(c2cccc(Cc3nnc(-c4cc(Oc5c(F)cc6[nH]ccc6c5C)ccc4F)[nH]3)c2)C1. The van der Waals surface area contributed by atoms with Crippen LogP contribution in [0.3, 0.4) is 0 Å². The summed E-state index contributed by atoms with van der Waals surface area (Å²) in [6.07, 6.45) is 3.88. The third-order valence-electron chi connectivity index (χ3n) is 7.99. The first kappa shape index (κ1) is 28.5. The van der Waals surface area contributed by atoms with Crippen molar-refractivity contribution in [2.24, 2.45) is 0 Å². The minimum atomic E-state index is -1.93. The molecule has 2 N–H and O–H groups in total. The summed E-state index contributed by atoms with van der Waals surface area (Å²) in [4.78, 5) is 18.2. The lowest BCUT2D eigenvalue weighted by Gasteiger charge is -2.39. The maximum atomic E-state index is 15.0. The molecule has 5 aromatic rings. The number of H-pyrrole nitrogens is 2. The second-order valence-electron chi connectivity index (χ2n) is 11.1. The van der Waals surface area contributed by atoms with E-state index >= 15 is 0 Å². The Labute approximate surface area is 246 Å². The number of fused-ring (bicyclic) bond motifs is 1. The van der Waals surface area contributed by atoms with Gasteiger partial charge in [0.2, 0.25) is 5.67 Å². The van der Waals surface area contributed by atoms with E-state index < -0.39 is 23.3 Å². The van der Waals surface area contributed by atoms with Crippen LogP contribution in [0.2, 0.25) is 0 Å². The molecule has 1 fully saturated rings. The molecule has 3 aromatic carbocycles. The fourth-order valence-corrected chi connectivity index (χ4v) is 5.53. The average molecular weight is 589 g/mol. The third-order valence-corrected chi connectivity index (χ3v) is 7.99. The molecule has 2 aromatic heterocycles. The minimum Gasteiger partial charge on any atom is -0.463 e. The number of alkyl halides is 1. The maximum Gasteiger partial charge on any atom is 0.343 e. The monoisotopic (exact) mass is 588 g/mol. The lowest BCUT2D eigenvalue weighted by molar-refractivity contribution is -0.165. The van der Waals surface area contributed by atoms with Gasteiger partial charge in [0, 0.05) is 35.2 Å². The van der Waals surface area contributed by atoms with Crippen LogP contribution in [0, 0.1) is 18.6 Å². The Morgan fingerprint density at radius 3 is 2.72 bits per heavy atom. The van der Waals surface area contributed by atoms with E-state index in [9.17, 15) is 18.0 Å². The van der Waals surface area contributed by atoms with Gasteiger partial charge in [-0.2, -0.15) is 0 Å². The Hall–Kier alpha value is -4.60. The number of nitrogens with zero attached hydrogens (tertiary/aromatic N) is 2. The van der Waals surface area contributed by atoms with E-state index in [-0.39, 0.29) is 48.3 Å². The highest BCUT2D eigenvalue weighted by molar-refractivity contribution is 5.85. The minimum absolute atomic E-state index is 0.0626. The number of benzene rings is 3. The molecule has 0 saturated heterocycles. The number of hydrogen-bond acceptors (Lipinski definition) is 5. The number of carbonyl (C=O) groups excluding carboxylic acids is 1. The summed E-state index contributed by atoms with van der Waals surface area (Å²) in [6, 6.07) is 15.0. The molecule has 0 amide bonds. The van der Waals surface area contributed by atoms with Gasteiger partial charge in [-0.05, 0) is 67.5 Å². The average Bonchev–Trinajstić information content (AvgIpc) is 3.64. The van der Waals surface area contributed by atoms with Crippen LogP contribution in [-0.4, -0.2) is 38.4 Å². The van der Waals surface area contributed by atoms with E-state index in [0.717, 1.165) is 22.9 Å². The summed E-state index contributed by atoms with van der Waals surface area (Å²) < 4.78 is 55.6. The van der Waals surface area contributed by atoms with Crippen molar-refractivity contribution < 1.29 is 27.4 Å². The third kappa shape index (κ3) is 5.74. The van der Waals surface area contributed by atoms with Crippen LogP contribution in [0.4, 0.5) is 13.2 Å². The number of esters is 1. The molecule has 2 heterocycles. The highest BCUT2D eigenvalue weighted by Crippen LogP contribution is 2.48. The number of unbranched alkanes of at least 4 members (excludes halogenated alkanes) is 1. The van der Waals surface area contributed by atoms with Gasteiger partial charge in [-0.3, -0.25) is 0 Å². The van der Waals surface area contributed by atoms with Gasteiger partial charge < -0.3 is 19.4 Å². The van der Waals surface area contributed by atoms with Crippen LogP contribution in [0.5, 0.6) is 11.5 Å². The molecule has 0 aliphatic heterocycles. The highest BCUT2D eigenvalue weighted by Gasteiger charge is 2.52. The highest BCUT2D eigenvalue weighted by atomic mass is 19.1. The van der Waals surface area contributed by atoms with Gasteiger partial charge >= 0.3 is 5.97 Å². The van der Waals surface area contributed by atoms with Gasteiger partial charge in [0.25, 0.3) is 0 Å². The number of carbonyl (C=O) groups is 1. The quantitative estimate of drug-likeness (QED) is 0.128. The maximum absolute atomic E-state index is 15.0. The lowest BCUT2D eigenvalue weighted by atomic mass is 9.69. The molecule has 10 heteroatoms. The van der Waals surface area contributed by atoms with E-state index in [1.807, 2.05) is 37.3 Å². The van der Waals surface area contributed by atoms with Crippen molar-refractivity contribution in [3.05, 3.63) is 94.9 Å². The van der Waals surface area contributed by atoms with Crippen LogP contribution >= 0.6 is 0 Å². The van der Waals surface area contributed by atoms with Gasteiger partial charge in [-0.25, -0.2) is 18.0 Å². The number of nitrogens with one attached hydrogen (secondary N) is 2. The Kier molecular flexibility index (Phi) is 7.68. The summed E-state index contributed by atoms with van der Waals surface area (Å²) in [5, 5.41) is 9.15. The van der Waals surface area contributed by atoms with E-state index in [0.29, 0.717) is 29.7 Å². The largest absolute Gasteiger partial charge is 0.463 e. The molecule has 43 heavy (non-hydrogen) atoms. The molecular weight excluding hydrogens is 557 g/mol. The Bertz CT molecular complexity index is 1790. The van der Waals surface area contributed by atoms with Crippen molar-refractivity contribution in [1.29, 1.82) is 0 Å². The van der Waals surface area contributed by atoms with Crippen LogP contribution < -0.4 is 4.74 Å². The fourth-order valence-electron chi connectivity index (χ4n) is 5.53. The van der Waals surface area contributed by atoms with Crippen LogP contribution in [0.25, 0.3) is 22.3 Å². The van der Waals surface area contributed by atoms with Crippen molar-refractivity contribution >= 4 is 16.9 Å². The van der Waals surface area contributed by atoms with Gasteiger partial charge in [-0.1, -0.05) is 37.6 Å². The first-order valence-corrected chi connectivity index (χ1v) is 14.3. The predicted octanol–water partition coefficient (Wildman–Crippen LogP) is 7.85. The van der Waals surface area contributed by atoms with E-state index in [2.05, 4.69) is 20.2 Å². The second-order valence-corrected chi connectivity index (χ2v) is 11.1. The van der Waals surface area contributed by atoms with Crippen molar-refractivity contribution in [1.82, 2.24) is 20.2 Å². The zero-order valence-corrected chi connectivity index (χ0v) is 23.8. The van der Waals surface area contributed by atoms with E-state index in [4.69, 9.17) is 9.47 Å². The molecule has 6 rings (SSSR count). The smallest absolute Gasteiger partial charge is 0.343 e. The van der Waals surface area contributed by atoms with Crippen LogP contribution in [0.1, 0.15) is 61.0 Å². The number of aryl methyl sites for hydroxylation is 1. The number of hydrogen-bond donors (Lipinski definition) is 2. The molecule has 0 unspecified atom stereocenters. The Morgan fingerprint density at radius 1 is 1.07 bits per heavy atom. The van der Waals surface area contributed by atoms with Crippen LogP contribution in [-0.2, 0) is 16.0 Å². The molecule has 0 bridgehead atoms. The van der Waals surface area contributed by atoms with Crippen molar-refractivity contribution in [2.75, 3.05) is 6.61 Å². The van der Waals surface area contributed by atoms with E-state index in [1.54, 1.807) is 13.1 Å². The molecule has 0 atom stereocenters. The Morgan fingerprint density at radius 2 is 1.91 bits per heavy atom. The summed E-state index contributed by atoms with van der Waals surface area (Å²) in [5.41, 5.74) is 1.32. The van der Waals surface area contributed by atoms with Gasteiger partial charge in [0.15, 0.2) is 17.4 Å². The molecule has 1 aliphatic rings. The standard InChI is InChI=1S/C33H31F3N4O3/c1-3-4-12-42-32(41)33(36)17-22(18-33)21-7-5-6-20(13-21)14-29-38-31(40-39-29)25-15-23(8-9-26(25)34)43-30-19(2)24-10-11-37-28(24)16-27(30)35/h5-11,13,15-16,22,37H,3-4,12,14,17-18H2,1-2H3,(H,38,39,40). The van der Waals surface area contributed by atoms with Crippen molar-refractivity contribution in [2.45, 2.75) is 57.5 Å². The fraction of sp³-hybridized carbons (Fsp3) is 0.303. The van der Waals surface area contributed by atoms with Gasteiger partial charge in [0.1, 0.15) is 17.4 Å². The summed E-state index contributed by atoms with van der Waals surface area (Å²) in [7, 11) is 0. The normalized spacial score (nSPS) is 18.0. The van der Waals surface area contributed by atoms with Crippen molar-refractivity contribution in [3.63, 3.8) is 0 Å². The van der Waals surface area contributed by atoms with E-state index in [1.165, 1.54) is 24.3 Å². The van der Waals surface area contributed by atoms with Gasteiger partial charge in [0.05, 0.1) is 12.2 Å². The number of halogens is 3. The molecule has 222 valence electrons. The van der Waals surface area contributed by atoms with Crippen LogP contribution in [0.15, 0.2) is 60.8 Å². The first-order chi connectivity index (χ1) is 20.7. The molecule has 0 spiro atoms. The molecular formula is C33H31F3N4O3. The van der Waals surface area contributed by atoms with Crippen molar-refractivity contribution in [3.8, 4) is 22.9 Å². The molecule has 0 radical (unpaired) electrons. The summed E-state index contributed by atoms with van der Waals surface area (Å²) in [5.74, 6) is -0.911. The second kappa shape index (κ2) is 11.6. The lowest BCUT2D eigenvalue weighted by Crippen LogP contribution is -2.46. The topological polar surface area (TPSA) is 92.9 Å². The van der Waals surface area contributed by atoms with Gasteiger partial charge in [-0.15, -0.1) is 10.2 Å². The zero-order valence-electron chi connectivity index (χ0n) is 23.8. The molecule has 1 saturated carbocycles.